The molecule has 0 saturated carbocycles. The molecule has 1 N–H and O–H groups in total. The van der Waals surface area contributed by atoms with Crippen LogP contribution >= 0.6 is 11.3 Å². The van der Waals surface area contributed by atoms with E-state index in [-0.39, 0.29) is 11.9 Å². The fraction of sp³-hybridized carbons (Fsp3) is 0.455. The van der Waals surface area contributed by atoms with Crippen LogP contribution in [0.4, 0.5) is 5.00 Å². The third-order valence-electron chi connectivity index (χ3n) is 5.12. The number of esters is 1. The average molecular weight is 402 g/mol. The number of rotatable bonds is 6. The van der Waals surface area contributed by atoms with Crippen LogP contribution in [0.15, 0.2) is 18.2 Å². The van der Waals surface area contributed by atoms with Gasteiger partial charge in [-0.3, -0.25) is 4.79 Å². The molecule has 5 nitrogen and oxygen atoms in total. The Bertz CT molecular complexity index is 887. The maximum absolute atomic E-state index is 12.8. The van der Waals surface area contributed by atoms with Crippen LogP contribution in [0.25, 0.3) is 0 Å². The number of amides is 1. The van der Waals surface area contributed by atoms with E-state index >= 15 is 0 Å². The number of carbonyl (C=O) groups excluding carboxylic acids is 2. The second-order valence-electron chi connectivity index (χ2n) is 7.08. The Hall–Kier alpha value is -2.34. The Morgan fingerprint density at radius 2 is 1.96 bits per heavy atom. The maximum atomic E-state index is 12.8. The van der Waals surface area contributed by atoms with Gasteiger partial charge in [-0.2, -0.15) is 0 Å². The van der Waals surface area contributed by atoms with Crippen molar-refractivity contribution in [3.8, 4) is 5.75 Å². The summed E-state index contributed by atoms with van der Waals surface area (Å²) in [6.45, 7) is 7.79. The quantitative estimate of drug-likeness (QED) is 0.705. The standard InChI is InChI=1S/C22H27NO4S/c1-5-26-22(25)19-16-10-6-7-12-18(16)28-21(19)23-20(24)15(4)27-17-11-8-9-13(2)14(17)3/h8-9,11,15H,5-7,10,12H2,1-4H3,(H,23,24)/t15-/m0/s1. The van der Waals surface area contributed by atoms with Crippen LogP contribution in [-0.2, 0) is 22.4 Å². The lowest BCUT2D eigenvalue weighted by Crippen LogP contribution is -2.30. The van der Waals surface area contributed by atoms with Gasteiger partial charge in [-0.05, 0) is 76.1 Å². The summed E-state index contributed by atoms with van der Waals surface area (Å²) in [5.74, 6) is 0.0593. The van der Waals surface area contributed by atoms with Crippen molar-refractivity contribution in [3.63, 3.8) is 0 Å². The number of hydrogen-bond donors (Lipinski definition) is 1. The Balaban J connectivity index is 1.80. The van der Waals surface area contributed by atoms with E-state index in [2.05, 4.69) is 5.32 Å². The van der Waals surface area contributed by atoms with E-state index in [1.807, 2.05) is 32.0 Å². The number of anilines is 1. The SMILES string of the molecule is CCOC(=O)c1c(NC(=O)[C@H](C)Oc2cccc(C)c2C)sc2c1CCCC2. The first kappa shape index (κ1) is 20.4. The van der Waals surface area contributed by atoms with E-state index in [1.165, 1.54) is 16.2 Å². The molecule has 1 aromatic heterocycles. The third kappa shape index (κ3) is 4.22. The number of aryl methyl sites for hydroxylation is 2. The van der Waals surface area contributed by atoms with Gasteiger partial charge in [0.2, 0.25) is 0 Å². The van der Waals surface area contributed by atoms with Gasteiger partial charge in [0.1, 0.15) is 10.8 Å². The monoisotopic (exact) mass is 401 g/mol. The summed E-state index contributed by atoms with van der Waals surface area (Å²) in [7, 11) is 0. The molecule has 3 rings (SSSR count). The van der Waals surface area contributed by atoms with Crippen LogP contribution < -0.4 is 10.1 Å². The van der Waals surface area contributed by atoms with Crippen LogP contribution in [0.5, 0.6) is 5.75 Å². The minimum absolute atomic E-state index is 0.273. The van der Waals surface area contributed by atoms with Crippen molar-refractivity contribution in [1.82, 2.24) is 0 Å². The lowest BCUT2D eigenvalue weighted by atomic mass is 9.95. The van der Waals surface area contributed by atoms with Crippen molar-refractivity contribution in [3.05, 3.63) is 45.3 Å². The first-order chi connectivity index (χ1) is 13.4. The largest absolute Gasteiger partial charge is 0.481 e. The highest BCUT2D eigenvalue weighted by molar-refractivity contribution is 7.17. The van der Waals surface area contributed by atoms with E-state index in [1.54, 1.807) is 13.8 Å². The number of nitrogens with one attached hydrogen (secondary N) is 1. The minimum Gasteiger partial charge on any atom is -0.481 e. The van der Waals surface area contributed by atoms with Crippen LogP contribution in [0.2, 0.25) is 0 Å². The summed E-state index contributed by atoms with van der Waals surface area (Å²) < 4.78 is 11.1. The Labute approximate surface area is 170 Å². The molecule has 0 aliphatic heterocycles. The number of hydrogen-bond acceptors (Lipinski definition) is 5. The minimum atomic E-state index is -0.685. The smallest absolute Gasteiger partial charge is 0.341 e. The second kappa shape index (κ2) is 8.78. The van der Waals surface area contributed by atoms with Crippen molar-refractivity contribution in [1.29, 1.82) is 0 Å². The maximum Gasteiger partial charge on any atom is 0.341 e. The molecule has 0 radical (unpaired) electrons. The van der Waals surface area contributed by atoms with Gasteiger partial charge in [0.15, 0.2) is 6.10 Å². The molecule has 2 aromatic rings. The fourth-order valence-electron chi connectivity index (χ4n) is 3.38. The summed E-state index contributed by atoms with van der Waals surface area (Å²) in [5, 5.41) is 3.49. The summed E-state index contributed by atoms with van der Waals surface area (Å²) in [6, 6.07) is 5.78. The molecule has 1 aromatic carbocycles. The van der Waals surface area contributed by atoms with Gasteiger partial charge in [-0.15, -0.1) is 11.3 Å². The van der Waals surface area contributed by atoms with Crippen LogP contribution in [-0.4, -0.2) is 24.6 Å². The van der Waals surface area contributed by atoms with Crippen molar-refractivity contribution in [2.75, 3.05) is 11.9 Å². The molecule has 0 unspecified atom stereocenters. The Kier molecular flexibility index (Phi) is 6.39. The topological polar surface area (TPSA) is 64.6 Å². The zero-order chi connectivity index (χ0) is 20.3. The summed E-state index contributed by atoms with van der Waals surface area (Å²) in [6.07, 6.45) is 3.27. The molecule has 0 fully saturated rings. The first-order valence-electron chi connectivity index (χ1n) is 9.77. The summed E-state index contributed by atoms with van der Waals surface area (Å²) >= 11 is 1.49. The normalized spacial score (nSPS) is 14.1. The van der Waals surface area contributed by atoms with Crippen LogP contribution in [0, 0.1) is 13.8 Å². The number of fused-ring (bicyclic) bond motifs is 1. The van der Waals surface area contributed by atoms with Crippen molar-refractivity contribution in [2.24, 2.45) is 0 Å². The van der Waals surface area contributed by atoms with Gasteiger partial charge in [-0.25, -0.2) is 4.79 Å². The lowest BCUT2D eigenvalue weighted by Gasteiger charge is -2.17. The summed E-state index contributed by atoms with van der Waals surface area (Å²) in [4.78, 5) is 26.5. The van der Waals surface area contributed by atoms with Gasteiger partial charge in [-0.1, -0.05) is 12.1 Å². The molecule has 1 heterocycles. The first-order valence-corrected chi connectivity index (χ1v) is 10.6. The molecule has 0 saturated heterocycles. The number of benzene rings is 1. The molecule has 1 atom stereocenters. The predicted octanol–water partition coefficient (Wildman–Crippen LogP) is 4.83. The number of carbonyl (C=O) groups is 2. The highest BCUT2D eigenvalue weighted by atomic mass is 32.1. The highest BCUT2D eigenvalue weighted by Crippen LogP contribution is 2.38. The fourth-order valence-corrected chi connectivity index (χ4v) is 4.66. The van der Waals surface area contributed by atoms with Gasteiger partial charge in [0.05, 0.1) is 12.2 Å². The van der Waals surface area contributed by atoms with E-state index < -0.39 is 6.10 Å². The molecule has 1 aliphatic carbocycles. The zero-order valence-electron chi connectivity index (χ0n) is 16.9. The van der Waals surface area contributed by atoms with E-state index in [0.717, 1.165) is 42.4 Å². The molecule has 0 spiro atoms. The molecule has 0 bridgehead atoms. The highest BCUT2D eigenvalue weighted by Gasteiger charge is 2.28. The van der Waals surface area contributed by atoms with Gasteiger partial charge < -0.3 is 14.8 Å². The van der Waals surface area contributed by atoms with Gasteiger partial charge in [0, 0.05) is 4.88 Å². The van der Waals surface area contributed by atoms with Crippen molar-refractivity contribution in [2.45, 2.75) is 59.5 Å². The second-order valence-corrected chi connectivity index (χ2v) is 8.19. The third-order valence-corrected chi connectivity index (χ3v) is 6.32. The van der Waals surface area contributed by atoms with Crippen LogP contribution in [0.1, 0.15) is 58.6 Å². The van der Waals surface area contributed by atoms with E-state index in [4.69, 9.17) is 9.47 Å². The molecular weight excluding hydrogens is 374 g/mol. The van der Waals surface area contributed by atoms with Gasteiger partial charge in [0.25, 0.3) is 5.91 Å². The predicted molar refractivity (Wildman–Crippen MR) is 112 cm³/mol. The molecule has 1 amide bonds. The van der Waals surface area contributed by atoms with Crippen LogP contribution in [0.3, 0.4) is 0 Å². The molecule has 150 valence electrons. The van der Waals surface area contributed by atoms with Crippen molar-refractivity contribution < 1.29 is 19.1 Å². The molecule has 28 heavy (non-hydrogen) atoms. The lowest BCUT2D eigenvalue weighted by molar-refractivity contribution is -0.122. The van der Waals surface area contributed by atoms with Crippen molar-refractivity contribution >= 4 is 28.2 Å². The molecule has 6 heteroatoms. The van der Waals surface area contributed by atoms with E-state index in [0.29, 0.717) is 22.9 Å². The number of thiophene rings is 1. The Morgan fingerprint density at radius 3 is 2.71 bits per heavy atom. The van der Waals surface area contributed by atoms with Gasteiger partial charge >= 0.3 is 5.97 Å². The number of ether oxygens (including phenoxy) is 2. The summed E-state index contributed by atoms with van der Waals surface area (Å²) in [5.41, 5.74) is 3.68. The molecular formula is C22H27NO4S. The molecule has 1 aliphatic rings. The van der Waals surface area contributed by atoms with E-state index in [9.17, 15) is 9.59 Å². The zero-order valence-corrected chi connectivity index (χ0v) is 17.7. The Morgan fingerprint density at radius 1 is 1.21 bits per heavy atom. The average Bonchev–Trinajstić information content (AvgIpc) is 3.03.